The normalized spacial score (nSPS) is 10.4. The monoisotopic (exact) mass is 410 g/mol. The van der Waals surface area contributed by atoms with Gasteiger partial charge in [0.05, 0.1) is 42.8 Å². The number of methoxy groups -OCH3 is 3. The van der Waals surface area contributed by atoms with E-state index in [1.807, 2.05) is 0 Å². The van der Waals surface area contributed by atoms with Crippen LogP contribution in [-0.2, 0) is 0 Å². The summed E-state index contributed by atoms with van der Waals surface area (Å²) in [5.74, 6) is 1.46. The Morgan fingerprint density at radius 3 is 1.70 bits per heavy atom. The average Bonchev–Trinajstić information content (AvgIpc) is 2.77. The number of ether oxygens (including phenoxy) is 3. The van der Waals surface area contributed by atoms with Crippen LogP contribution in [0.5, 0.6) is 17.2 Å². The van der Waals surface area contributed by atoms with E-state index in [1.54, 1.807) is 42.5 Å². The molecule has 3 rings (SSSR count). The lowest BCUT2D eigenvalue weighted by Gasteiger charge is -2.14. The fourth-order valence-corrected chi connectivity index (χ4v) is 3.11. The molecule has 0 heterocycles. The van der Waals surface area contributed by atoms with Gasteiger partial charge in [-0.15, -0.1) is 0 Å². The van der Waals surface area contributed by atoms with Crippen molar-refractivity contribution < 1.29 is 24.1 Å². The third-order valence-corrected chi connectivity index (χ3v) is 4.55. The van der Waals surface area contributed by atoms with Gasteiger partial charge in [0, 0.05) is 17.7 Å². The minimum Gasteiger partial charge on any atom is -0.497 e. The van der Waals surface area contributed by atoms with Crippen LogP contribution in [0.4, 0.5) is 11.4 Å². The highest BCUT2D eigenvalue weighted by atomic mass is 16.6. The van der Waals surface area contributed by atoms with Crippen LogP contribution in [-0.4, -0.2) is 31.2 Å². The summed E-state index contributed by atoms with van der Waals surface area (Å²) >= 11 is 0. The number of benzene rings is 3. The maximum Gasteiger partial charge on any atom is 0.284 e. The van der Waals surface area contributed by atoms with Gasteiger partial charge in [-0.25, -0.2) is 0 Å². The summed E-state index contributed by atoms with van der Waals surface area (Å²) in [6.07, 6.45) is 0. The van der Waals surface area contributed by atoms with Crippen molar-refractivity contribution >= 4 is 11.4 Å². The molecule has 0 aliphatic heterocycles. The second-order valence-electron chi connectivity index (χ2n) is 6.23. The highest BCUT2D eigenvalue weighted by Gasteiger charge is 2.26. The number of nitro benzene ring substituents is 2. The van der Waals surface area contributed by atoms with Crippen molar-refractivity contribution in [1.29, 1.82) is 0 Å². The number of hydrogen-bond acceptors (Lipinski definition) is 7. The molecule has 154 valence electrons. The van der Waals surface area contributed by atoms with Gasteiger partial charge in [-0.05, 0) is 35.4 Å². The van der Waals surface area contributed by atoms with E-state index < -0.39 is 15.5 Å². The van der Waals surface area contributed by atoms with Crippen molar-refractivity contribution in [2.75, 3.05) is 21.3 Å². The van der Waals surface area contributed by atoms with Crippen LogP contribution < -0.4 is 14.2 Å². The number of nitrogens with zero attached hydrogens (tertiary/aromatic N) is 2. The summed E-state index contributed by atoms with van der Waals surface area (Å²) in [4.78, 5) is 22.0. The third-order valence-electron chi connectivity index (χ3n) is 4.55. The van der Waals surface area contributed by atoms with Gasteiger partial charge in [0.2, 0.25) is 0 Å². The van der Waals surface area contributed by atoms with E-state index in [0.717, 1.165) is 6.07 Å². The fourth-order valence-electron chi connectivity index (χ4n) is 3.11. The van der Waals surface area contributed by atoms with Crippen molar-refractivity contribution in [3.05, 3.63) is 74.8 Å². The molecule has 0 aliphatic carbocycles. The van der Waals surface area contributed by atoms with E-state index in [1.165, 1.54) is 27.4 Å². The number of rotatable bonds is 7. The van der Waals surface area contributed by atoms with E-state index in [-0.39, 0.29) is 11.3 Å². The number of nitro groups is 2. The fraction of sp³-hybridized carbons (Fsp3) is 0.143. The van der Waals surface area contributed by atoms with E-state index >= 15 is 0 Å². The Kier molecular flexibility index (Phi) is 5.82. The van der Waals surface area contributed by atoms with E-state index in [0.29, 0.717) is 33.9 Å². The van der Waals surface area contributed by atoms with Crippen LogP contribution in [0.15, 0.2) is 54.6 Å². The van der Waals surface area contributed by atoms with Crippen LogP contribution >= 0.6 is 0 Å². The van der Waals surface area contributed by atoms with E-state index in [4.69, 9.17) is 14.2 Å². The molecule has 9 nitrogen and oxygen atoms in total. The molecule has 0 radical (unpaired) electrons. The minimum absolute atomic E-state index is 0.239. The predicted molar refractivity (Wildman–Crippen MR) is 110 cm³/mol. The van der Waals surface area contributed by atoms with Crippen LogP contribution in [0, 0.1) is 20.2 Å². The lowest BCUT2D eigenvalue weighted by atomic mass is 9.92. The Labute approximate surface area is 171 Å². The summed E-state index contributed by atoms with van der Waals surface area (Å²) in [5.41, 5.74) is 0.752. The molecule has 0 spiro atoms. The quantitative estimate of drug-likeness (QED) is 0.403. The van der Waals surface area contributed by atoms with Gasteiger partial charge in [0.15, 0.2) is 0 Å². The Morgan fingerprint density at radius 2 is 1.23 bits per heavy atom. The topological polar surface area (TPSA) is 114 Å². The van der Waals surface area contributed by atoms with Crippen molar-refractivity contribution in [2.24, 2.45) is 0 Å². The first kappa shape index (κ1) is 20.6. The highest BCUT2D eigenvalue weighted by molar-refractivity contribution is 5.92. The SMILES string of the molecule is COc1ccc(-c2c(-c3cc(OC)cc(OC)c3)cc([N+](=O)[O-])cc2[N+](=O)[O-])cc1. The van der Waals surface area contributed by atoms with Gasteiger partial charge in [0.1, 0.15) is 17.2 Å². The molecule has 0 unspecified atom stereocenters. The van der Waals surface area contributed by atoms with Gasteiger partial charge in [-0.1, -0.05) is 12.1 Å². The summed E-state index contributed by atoms with van der Waals surface area (Å²) in [7, 11) is 4.45. The first-order valence-electron chi connectivity index (χ1n) is 8.72. The van der Waals surface area contributed by atoms with Crippen molar-refractivity contribution in [3.63, 3.8) is 0 Å². The molecule has 30 heavy (non-hydrogen) atoms. The smallest absolute Gasteiger partial charge is 0.284 e. The number of non-ortho nitro benzene ring substituents is 1. The molecule has 0 amide bonds. The molecular formula is C21H18N2O7. The zero-order valence-electron chi connectivity index (χ0n) is 16.4. The average molecular weight is 410 g/mol. The lowest BCUT2D eigenvalue weighted by Crippen LogP contribution is -1.99. The van der Waals surface area contributed by atoms with E-state index in [2.05, 4.69) is 0 Å². The predicted octanol–water partition coefficient (Wildman–Crippen LogP) is 4.86. The first-order valence-corrected chi connectivity index (χ1v) is 8.72. The molecular weight excluding hydrogens is 392 g/mol. The Morgan fingerprint density at radius 1 is 0.667 bits per heavy atom. The number of hydrogen-bond donors (Lipinski definition) is 0. The molecule has 0 aliphatic rings. The standard InChI is InChI=1S/C21H18N2O7/c1-28-16-6-4-13(5-7-16)21-19(10-15(22(24)25)11-20(21)23(26)27)14-8-17(29-2)12-18(9-14)30-3/h4-12H,1-3H3. The van der Waals surface area contributed by atoms with Crippen LogP contribution in [0.1, 0.15) is 0 Å². The molecule has 3 aromatic carbocycles. The molecule has 0 atom stereocenters. The lowest BCUT2D eigenvalue weighted by molar-refractivity contribution is -0.393. The second kappa shape index (κ2) is 8.48. The Hall–Kier alpha value is -4.14. The summed E-state index contributed by atoms with van der Waals surface area (Å²) in [6, 6.07) is 13.8. The highest BCUT2D eigenvalue weighted by Crippen LogP contribution is 2.44. The summed E-state index contributed by atoms with van der Waals surface area (Å²) < 4.78 is 15.7. The summed E-state index contributed by atoms with van der Waals surface area (Å²) in [5, 5.41) is 23.3. The molecule has 9 heteroatoms. The molecule has 0 saturated heterocycles. The molecule has 0 fully saturated rings. The third kappa shape index (κ3) is 4.00. The van der Waals surface area contributed by atoms with Crippen LogP contribution in [0.2, 0.25) is 0 Å². The Balaban J connectivity index is 2.39. The zero-order chi connectivity index (χ0) is 21.8. The van der Waals surface area contributed by atoms with Crippen LogP contribution in [0.25, 0.3) is 22.3 Å². The van der Waals surface area contributed by atoms with Crippen LogP contribution in [0.3, 0.4) is 0 Å². The first-order chi connectivity index (χ1) is 14.4. The molecule has 0 N–H and O–H groups in total. The maximum atomic E-state index is 11.8. The minimum atomic E-state index is -0.661. The van der Waals surface area contributed by atoms with Gasteiger partial charge in [-0.2, -0.15) is 0 Å². The van der Waals surface area contributed by atoms with Gasteiger partial charge in [0.25, 0.3) is 11.4 Å². The largest absolute Gasteiger partial charge is 0.497 e. The molecule has 3 aromatic rings. The van der Waals surface area contributed by atoms with Crippen molar-refractivity contribution in [2.45, 2.75) is 0 Å². The van der Waals surface area contributed by atoms with Gasteiger partial charge >= 0.3 is 0 Å². The van der Waals surface area contributed by atoms with Crippen molar-refractivity contribution in [3.8, 4) is 39.5 Å². The Bertz CT molecular complexity index is 1090. The molecule has 0 saturated carbocycles. The van der Waals surface area contributed by atoms with Gasteiger partial charge < -0.3 is 14.2 Å². The molecule has 0 aromatic heterocycles. The van der Waals surface area contributed by atoms with Crippen molar-refractivity contribution in [1.82, 2.24) is 0 Å². The second-order valence-corrected chi connectivity index (χ2v) is 6.23. The zero-order valence-corrected chi connectivity index (χ0v) is 16.4. The maximum absolute atomic E-state index is 11.8. The van der Waals surface area contributed by atoms with E-state index in [9.17, 15) is 20.2 Å². The summed E-state index contributed by atoms with van der Waals surface area (Å²) in [6.45, 7) is 0. The molecule has 0 bridgehead atoms. The van der Waals surface area contributed by atoms with Gasteiger partial charge in [-0.3, -0.25) is 20.2 Å².